The van der Waals surface area contributed by atoms with Gasteiger partial charge >= 0.3 is 0 Å². The zero-order chi connectivity index (χ0) is 15.7. The summed E-state index contributed by atoms with van der Waals surface area (Å²) in [4.78, 5) is 12.6. The van der Waals surface area contributed by atoms with E-state index in [2.05, 4.69) is 15.0 Å². The van der Waals surface area contributed by atoms with Gasteiger partial charge in [0, 0.05) is 13.1 Å². The van der Waals surface area contributed by atoms with E-state index in [1.165, 1.54) is 6.20 Å². The number of hydrogen-bond donors (Lipinski definition) is 0. The number of fused-ring (bicyclic) bond motifs is 1. The molecular formula is C15H12ClN5O. The molecule has 0 N–H and O–H groups in total. The van der Waals surface area contributed by atoms with Crippen molar-refractivity contribution in [2.45, 2.75) is 13.3 Å². The third-order valence-electron chi connectivity index (χ3n) is 3.26. The van der Waals surface area contributed by atoms with E-state index in [0.29, 0.717) is 39.9 Å². The van der Waals surface area contributed by atoms with Crippen LogP contribution in [0.3, 0.4) is 0 Å². The fourth-order valence-corrected chi connectivity index (χ4v) is 2.34. The molecule has 0 aliphatic heterocycles. The molecule has 0 unspecified atom stereocenters. The molecule has 0 radical (unpaired) electrons. The Balaban J connectivity index is 2.03. The molecule has 0 saturated heterocycles. The molecule has 6 nitrogen and oxygen atoms in total. The van der Waals surface area contributed by atoms with Crippen molar-refractivity contribution in [3.63, 3.8) is 0 Å². The molecule has 0 saturated carbocycles. The summed E-state index contributed by atoms with van der Waals surface area (Å²) in [7, 11) is 1.84. The molecule has 0 aromatic carbocycles. The van der Waals surface area contributed by atoms with E-state index in [-0.39, 0.29) is 0 Å². The third kappa shape index (κ3) is 2.47. The van der Waals surface area contributed by atoms with Gasteiger partial charge < -0.3 is 9.30 Å². The van der Waals surface area contributed by atoms with Gasteiger partial charge in [-0.15, -0.1) is 0 Å². The van der Waals surface area contributed by atoms with Crippen LogP contribution in [0, 0.1) is 11.3 Å². The number of imidazole rings is 1. The molecule has 0 amide bonds. The lowest BCUT2D eigenvalue weighted by atomic mass is 10.1. The summed E-state index contributed by atoms with van der Waals surface area (Å²) in [6, 6.07) is 5.34. The average Bonchev–Trinajstić information content (AvgIpc) is 2.90. The second-order valence-corrected chi connectivity index (χ2v) is 5.12. The van der Waals surface area contributed by atoms with Crippen LogP contribution >= 0.6 is 11.6 Å². The van der Waals surface area contributed by atoms with E-state index in [0.717, 1.165) is 5.56 Å². The maximum atomic E-state index is 8.91. The van der Waals surface area contributed by atoms with E-state index < -0.39 is 0 Å². The summed E-state index contributed by atoms with van der Waals surface area (Å²) in [5.41, 5.74) is 2.51. The zero-order valence-corrected chi connectivity index (χ0v) is 12.8. The van der Waals surface area contributed by atoms with E-state index in [1.54, 1.807) is 23.0 Å². The predicted molar refractivity (Wildman–Crippen MR) is 81.9 cm³/mol. The van der Waals surface area contributed by atoms with E-state index >= 15 is 0 Å². The number of halogens is 1. The molecule has 0 bridgehead atoms. The van der Waals surface area contributed by atoms with Gasteiger partial charge in [-0.1, -0.05) is 18.5 Å². The number of aromatic nitrogens is 4. The second kappa shape index (κ2) is 5.62. The molecule has 0 aliphatic rings. The SMILES string of the molecule is CCc1cc(C#N)ncc1Oc1cc(Cl)c2ncn(C)c2n1. The van der Waals surface area contributed by atoms with Crippen LogP contribution in [0.15, 0.2) is 24.7 Å². The van der Waals surface area contributed by atoms with Crippen molar-refractivity contribution < 1.29 is 4.74 Å². The number of nitrogens with zero attached hydrogens (tertiary/aromatic N) is 5. The molecule has 3 aromatic rings. The molecule has 0 spiro atoms. The fraction of sp³-hybridized carbons (Fsp3) is 0.200. The van der Waals surface area contributed by atoms with Gasteiger partial charge in [0.25, 0.3) is 0 Å². The predicted octanol–water partition coefficient (Wildman–Crippen LogP) is 3.24. The largest absolute Gasteiger partial charge is 0.437 e. The van der Waals surface area contributed by atoms with Crippen LogP contribution in [0.2, 0.25) is 5.02 Å². The van der Waals surface area contributed by atoms with Gasteiger partial charge in [0.2, 0.25) is 5.88 Å². The van der Waals surface area contributed by atoms with Crippen molar-refractivity contribution >= 4 is 22.8 Å². The number of pyridine rings is 2. The van der Waals surface area contributed by atoms with E-state index in [9.17, 15) is 0 Å². The first-order chi connectivity index (χ1) is 10.6. The summed E-state index contributed by atoms with van der Waals surface area (Å²) in [6.45, 7) is 1.98. The Hall–Kier alpha value is -2.65. The molecule has 7 heteroatoms. The van der Waals surface area contributed by atoms with E-state index in [1.807, 2.05) is 20.0 Å². The van der Waals surface area contributed by atoms with Gasteiger partial charge in [0.15, 0.2) is 11.4 Å². The van der Waals surface area contributed by atoms with Gasteiger partial charge in [0.1, 0.15) is 17.3 Å². The Kier molecular flexibility index (Phi) is 3.65. The maximum Gasteiger partial charge on any atom is 0.222 e. The quantitative estimate of drug-likeness (QED) is 0.742. The molecule has 0 atom stereocenters. The van der Waals surface area contributed by atoms with Gasteiger partial charge in [-0.2, -0.15) is 10.2 Å². The lowest BCUT2D eigenvalue weighted by molar-refractivity contribution is 0.456. The minimum absolute atomic E-state index is 0.359. The maximum absolute atomic E-state index is 8.91. The molecule has 3 rings (SSSR count). The summed E-state index contributed by atoms with van der Waals surface area (Å²) in [5.74, 6) is 0.925. The topological polar surface area (TPSA) is 76.6 Å². The van der Waals surface area contributed by atoms with Crippen LogP contribution in [0.4, 0.5) is 0 Å². The van der Waals surface area contributed by atoms with Crippen LogP contribution in [0.1, 0.15) is 18.2 Å². The highest BCUT2D eigenvalue weighted by Crippen LogP contribution is 2.29. The van der Waals surface area contributed by atoms with Crippen molar-refractivity contribution in [2.75, 3.05) is 0 Å². The lowest BCUT2D eigenvalue weighted by Gasteiger charge is -2.09. The van der Waals surface area contributed by atoms with Crippen molar-refractivity contribution in [1.29, 1.82) is 5.26 Å². The molecule has 3 heterocycles. The van der Waals surface area contributed by atoms with Crippen LogP contribution in [0.5, 0.6) is 11.6 Å². The number of rotatable bonds is 3. The highest BCUT2D eigenvalue weighted by molar-refractivity contribution is 6.34. The van der Waals surface area contributed by atoms with Crippen LogP contribution in [-0.4, -0.2) is 19.5 Å². The number of nitriles is 1. The highest BCUT2D eigenvalue weighted by Gasteiger charge is 2.12. The monoisotopic (exact) mass is 313 g/mol. The van der Waals surface area contributed by atoms with Crippen molar-refractivity contribution in [3.8, 4) is 17.7 Å². The fourth-order valence-electron chi connectivity index (χ4n) is 2.12. The molecule has 22 heavy (non-hydrogen) atoms. The number of hydrogen-bond acceptors (Lipinski definition) is 5. The summed E-state index contributed by atoms with van der Waals surface area (Å²) >= 11 is 6.21. The zero-order valence-electron chi connectivity index (χ0n) is 12.0. The number of ether oxygens (including phenoxy) is 1. The summed E-state index contributed by atoms with van der Waals surface area (Å²) in [5, 5.41) is 9.38. The Morgan fingerprint density at radius 1 is 1.36 bits per heavy atom. The first-order valence-corrected chi connectivity index (χ1v) is 7.04. The van der Waals surface area contributed by atoms with Gasteiger partial charge in [-0.05, 0) is 18.1 Å². The van der Waals surface area contributed by atoms with E-state index in [4.69, 9.17) is 21.6 Å². The second-order valence-electron chi connectivity index (χ2n) is 4.71. The van der Waals surface area contributed by atoms with Crippen LogP contribution < -0.4 is 4.74 Å². The highest BCUT2D eigenvalue weighted by atomic mass is 35.5. The number of aryl methyl sites for hydroxylation is 2. The van der Waals surface area contributed by atoms with Gasteiger partial charge in [0.05, 0.1) is 17.5 Å². The van der Waals surface area contributed by atoms with Gasteiger partial charge in [-0.25, -0.2) is 9.97 Å². The summed E-state index contributed by atoms with van der Waals surface area (Å²) < 4.78 is 7.57. The average molecular weight is 314 g/mol. The van der Waals surface area contributed by atoms with Crippen LogP contribution in [-0.2, 0) is 13.5 Å². The third-order valence-corrected chi connectivity index (χ3v) is 3.54. The molecular weight excluding hydrogens is 302 g/mol. The van der Waals surface area contributed by atoms with Gasteiger partial charge in [-0.3, -0.25) is 0 Å². The van der Waals surface area contributed by atoms with Crippen LogP contribution in [0.25, 0.3) is 11.2 Å². The molecule has 0 fully saturated rings. The summed E-state index contributed by atoms with van der Waals surface area (Å²) in [6.07, 6.45) is 3.89. The van der Waals surface area contributed by atoms with Crippen molar-refractivity contribution in [2.24, 2.45) is 7.05 Å². The molecule has 0 aliphatic carbocycles. The molecule has 3 aromatic heterocycles. The Morgan fingerprint density at radius 3 is 2.91 bits per heavy atom. The lowest BCUT2D eigenvalue weighted by Crippen LogP contribution is -1.97. The Morgan fingerprint density at radius 2 is 2.18 bits per heavy atom. The first-order valence-electron chi connectivity index (χ1n) is 6.66. The molecule has 110 valence electrons. The first kappa shape index (κ1) is 14.3. The Bertz CT molecular complexity index is 897. The minimum Gasteiger partial charge on any atom is -0.437 e. The standard InChI is InChI=1S/C15H12ClN5O/c1-3-9-4-10(6-17)18-7-12(9)22-13-5-11(16)14-15(20-13)21(2)8-19-14/h4-5,7-8H,3H2,1-2H3. The minimum atomic E-state index is 0.359. The Labute approximate surface area is 132 Å². The van der Waals surface area contributed by atoms with Crippen molar-refractivity contribution in [1.82, 2.24) is 19.5 Å². The van der Waals surface area contributed by atoms with Crippen molar-refractivity contribution in [3.05, 3.63) is 40.9 Å². The smallest absolute Gasteiger partial charge is 0.222 e. The normalized spacial score (nSPS) is 10.6.